The molecule has 2 aromatic rings. The number of rotatable bonds is 7. The van der Waals surface area contributed by atoms with Crippen molar-refractivity contribution in [2.24, 2.45) is 0 Å². The van der Waals surface area contributed by atoms with Crippen molar-refractivity contribution in [3.8, 4) is 5.75 Å². The summed E-state index contributed by atoms with van der Waals surface area (Å²) in [4.78, 5) is 17.2. The molecular formula is C17H21ClN2O2S. The molecule has 0 N–H and O–H groups in total. The number of ether oxygens (including phenoxy) is 1. The molecule has 0 radical (unpaired) electrons. The van der Waals surface area contributed by atoms with Crippen LogP contribution in [0.4, 0.5) is 0 Å². The summed E-state index contributed by atoms with van der Waals surface area (Å²) >= 11 is 7.47. The van der Waals surface area contributed by atoms with Gasteiger partial charge in [0.05, 0.1) is 18.0 Å². The second kappa shape index (κ2) is 8.34. The lowest BCUT2D eigenvalue weighted by Gasteiger charge is -2.21. The highest BCUT2D eigenvalue weighted by Crippen LogP contribution is 2.22. The first kappa shape index (κ1) is 17.8. The highest BCUT2D eigenvalue weighted by atomic mass is 35.5. The van der Waals surface area contributed by atoms with E-state index in [1.807, 2.05) is 55.4 Å². The van der Waals surface area contributed by atoms with Gasteiger partial charge in [-0.05, 0) is 36.9 Å². The average molecular weight is 353 g/mol. The third-order valence-corrected chi connectivity index (χ3v) is 4.68. The van der Waals surface area contributed by atoms with Gasteiger partial charge in [-0.25, -0.2) is 0 Å². The molecule has 0 aliphatic carbocycles. The smallest absolute Gasteiger partial charge is 0.236 e. The van der Waals surface area contributed by atoms with Crippen LogP contribution in [0.15, 0.2) is 36.4 Å². The second-order valence-corrected chi connectivity index (χ2v) is 7.28. The molecule has 2 rings (SSSR count). The number of amides is 1. The molecule has 0 atom stereocenters. The standard InChI is InChI=1S/C17H21ClN2O2S/c1-19(11-15-8-9-16(18)23-15)12-17(21)20(2)10-13-4-6-14(22-3)7-5-13/h4-9H,10-12H2,1-3H3. The Balaban J connectivity index is 1.83. The first-order valence-electron chi connectivity index (χ1n) is 7.27. The van der Waals surface area contributed by atoms with Gasteiger partial charge in [0.2, 0.25) is 5.91 Å². The number of hydrogen-bond acceptors (Lipinski definition) is 4. The number of benzene rings is 1. The first-order valence-corrected chi connectivity index (χ1v) is 8.47. The van der Waals surface area contributed by atoms with E-state index in [4.69, 9.17) is 16.3 Å². The molecule has 1 aromatic heterocycles. The summed E-state index contributed by atoms with van der Waals surface area (Å²) in [5, 5.41) is 0. The quantitative estimate of drug-likeness (QED) is 0.764. The Hall–Kier alpha value is -1.56. The van der Waals surface area contributed by atoms with Crippen LogP contribution in [0.3, 0.4) is 0 Å². The predicted octanol–water partition coefficient (Wildman–Crippen LogP) is 3.50. The van der Waals surface area contributed by atoms with Crippen molar-refractivity contribution in [1.29, 1.82) is 0 Å². The van der Waals surface area contributed by atoms with Crippen LogP contribution in [0.5, 0.6) is 5.75 Å². The number of carbonyl (C=O) groups excluding carboxylic acids is 1. The van der Waals surface area contributed by atoms with Crippen LogP contribution in [0, 0.1) is 0 Å². The molecule has 0 aliphatic rings. The molecule has 124 valence electrons. The van der Waals surface area contributed by atoms with Crippen molar-refractivity contribution in [2.45, 2.75) is 13.1 Å². The van der Waals surface area contributed by atoms with E-state index in [-0.39, 0.29) is 5.91 Å². The minimum absolute atomic E-state index is 0.0889. The van der Waals surface area contributed by atoms with Crippen LogP contribution in [-0.4, -0.2) is 43.5 Å². The van der Waals surface area contributed by atoms with Gasteiger partial charge < -0.3 is 9.64 Å². The largest absolute Gasteiger partial charge is 0.497 e. The lowest BCUT2D eigenvalue weighted by Crippen LogP contribution is -2.35. The molecule has 1 amide bonds. The van der Waals surface area contributed by atoms with Crippen LogP contribution in [-0.2, 0) is 17.9 Å². The van der Waals surface area contributed by atoms with E-state index in [2.05, 4.69) is 0 Å². The third kappa shape index (κ3) is 5.53. The molecule has 1 heterocycles. The normalized spacial score (nSPS) is 10.8. The van der Waals surface area contributed by atoms with Crippen molar-refractivity contribution < 1.29 is 9.53 Å². The van der Waals surface area contributed by atoms with Gasteiger partial charge in [0.15, 0.2) is 0 Å². The Morgan fingerprint density at radius 2 is 1.83 bits per heavy atom. The van der Waals surface area contributed by atoms with E-state index in [1.54, 1.807) is 23.3 Å². The maximum Gasteiger partial charge on any atom is 0.236 e. The van der Waals surface area contributed by atoms with Crippen LogP contribution < -0.4 is 4.74 Å². The third-order valence-electron chi connectivity index (χ3n) is 3.46. The molecule has 4 nitrogen and oxygen atoms in total. The molecule has 0 saturated heterocycles. The van der Waals surface area contributed by atoms with E-state index >= 15 is 0 Å². The molecule has 0 saturated carbocycles. The first-order chi connectivity index (χ1) is 11.0. The summed E-state index contributed by atoms with van der Waals surface area (Å²) < 4.78 is 5.91. The summed E-state index contributed by atoms with van der Waals surface area (Å²) in [5.74, 6) is 0.906. The van der Waals surface area contributed by atoms with Crippen molar-refractivity contribution >= 4 is 28.8 Å². The fraction of sp³-hybridized carbons (Fsp3) is 0.353. The number of hydrogen-bond donors (Lipinski definition) is 0. The molecule has 1 aromatic carbocycles. The van der Waals surface area contributed by atoms with E-state index in [0.717, 1.165) is 27.1 Å². The summed E-state index contributed by atoms with van der Waals surface area (Å²) in [5.41, 5.74) is 1.08. The highest BCUT2D eigenvalue weighted by molar-refractivity contribution is 7.16. The van der Waals surface area contributed by atoms with Gasteiger partial charge in [0, 0.05) is 25.0 Å². The van der Waals surface area contributed by atoms with Crippen molar-refractivity contribution in [3.05, 3.63) is 51.2 Å². The summed E-state index contributed by atoms with van der Waals surface area (Å²) in [6, 6.07) is 11.6. The Morgan fingerprint density at radius 3 is 2.39 bits per heavy atom. The predicted molar refractivity (Wildman–Crippen MR) is 95.1 cm³/mol. The Kier molecular flexibility index (Phi) is 6.45. The maximum atomic E-state index is 12.3. The zero-order valence-corrected chi connectivity index (χ0v) is 15.2. The number of halogens is 1. The van der Waals surface area contributed by atoms with E-state index in [0.29, 0.717) is 13.1 Å². The molecule has 0 aliphatic heterocycles. The minimum atomic E-state index is 0.0889. The Morgan fingerprint density at radius 1 is 1.13 bits per heavy atom. The summed E-state index contributed by atoms with van der Waals surface area (Å²) in [7, 11) is 5.40. The van der Waals surface area contributed by atoms with E-state index in [1.165, 1.54) is 0 Å². The lowest BCUT2D eigenvalue weighted by atomic mass is 10.2. The van der Waals surface area contributed by atoms with Crippen LogP contribution >= 0.6 is 22.9 Å². The van der Waals surface area contributed by atoms with Gasteiger partial charge in [0.1, 0.15) is 5.75 Å². The van der Waals surface area contributed by atoms with E-state index < -0.39 is 0 Å². The molecular weight excluding hydrogens is 332 g/mol. The van der Waals surface area contributed by atoms with Gasteiger partial charge in [0.25, 0.3) is 0 Å². The second-order valence-electron chi connectivity index (χ2n) is 5.48. The van der Waals surface area contributed by atoms with Gasteiger partial charge in [-0.15, -0.1) is 11.3 Å². The Bertz CT molecular complexity index is 642. The fourth-order valence-electron chi connectivity index (χ4n) is 2.20. The number of likely N-dealkylation sites (N-methyl/N-ethyl adjacent to an activating group) is 2. The molecule has 23 heavy (non-hydrogen) atoms. The molecule has 0 fully saturated rings. The van der Waals surface area contributed by atoms with Gasteiger partial charge in [-0.3, -0.25) is 9.69 Å². The summed E-state index contributed by atoms with van der Waals surface area (Å²) in [6.07, 6.45) is 0. The zero-order valence-electron chi connectivity index (χ0n) is 13.6. The zero-order chi connectivity index (χ0) is 16.8. The number of nitrogens with zero attached hydrogens (tertiary/aromatic N) is 2. The summed E-state index contributed by atoms with van der Waals surface area (Å²) in [6.45, 7) is 1.68. The number of thiophene rings is 1. The van der Waals surface area contributed by atoms with Crippen LogP contribution in [0.1, 0.15) is 10.4 Å². The number of carbonyl (C=O) groups is 1. The molecule has 0 unspecified atom stereocenters. The topological polar surface area (TPSA) is 32.8 Å². The number of methoxy groups -OCH3 is 1. The van der Waals surface area contributed by atoms with Crippen molar-refractivity contribution in [2.75, 3.05) is 27.7 Å². The average Bonchev–Trinajstić information content (AvgIpc) is 2.92. The SMILES string of the molecule is COc1ccc(CN(C)C(=O)CN(C)Cc2ccc(Cl)s2)cc1. The maximum absolute atomic E-state index is 12.3. The van der Waals surface area contributed by atoms with Crippen LogP contribution in [0.2, 0.25) is 4.34 Å². The minimum Gasteiger partial charge on any atom is -0.497 e. The molecule has 6 heteroatoms. The molecule has 0 spiro atoms. The van der Waals surface area contributed by atoms with Crippen molar-refractivity contribution in [1.82, 2.24) is 9.80 Å². The molecule has 0 bridgehead atoms. The van der Waals surface area contributed by atoms with Gasteiger partial charge >= 0.3 is 0 Å². The lowest BCUT2D eigenvalue weighted by molar-refractivity contribution is -0.131. The van der Waals surface area contributed by atoms with Gasteiger partial charge in [-0.1, -0.05) is 23.7 Å². The van der Waals surface area contributed by atoms with Crippen LogP contribution in [0.25, 0.3) is 0 Å². The van der Waals surface area contributed by atoms with Crippen molar-refractivity contribution in [3.63, 3.8) is 0 Å². The van der Waals surface area contributed by atoms with E-state index in [9.17, 15) is 4.79 Å². The van der Waals surface area contributed by atoms with Gasteiger partial charge in [-0.2, -0.15) is 0 Å². The highest BCUT2D eigenvalue weighted by Gasteiger charge is 2.13. The monoisotopic (exact) mass is 352 g/mol. The Labute approximate surface area is 146 Å². The fourth-order valence-corrected chi connectivity index (χ4v) is 3.37.